The molecule has 1 N–H and O–H groups in total. The Hall–Kier alpha value is -2.00. The molecule has 0 spiro atoms. The van der Waals surface area contributed by atoms with Gasteiger partial charge in [-0.25, -0.2) is 0 Å². The Morgan fingerprint density at radius 3 is 2.88 bits per heavy atom. The van der Waals surface area contributed by atoms with Crippen molar-refractivity contribution in [3.05, 3.63) is 47.0 Å². The molecule has 0 aliphatic carbocycles. The van der Waals surface area contributed by atoms with Gasteiger partial charge in [0.05, 0.1) is 7.11 Å². The summed E-state index contributed by atoms with van der Waals surface area (Å²) >= 11 is 0. The van der Waals surface area contributed by atoms with Crippen molar-refractivity contribution in [3.63, 3.8) is 0 Å². The van der Waals surface area contributed by atoms with E-state index in [1.807, 2.05) is 0 Å². The van der Waals surface area contributed by atoms with Crippen molar-refractivity contribution in [1.29, 1.82) is 0 Å². The van der Waals surface area contributed by atoms with Crippen LogP contribution in [0.3, 0.4) is 0 Å². The summed E-state index contributed by atoms with van der Waals surface area (Å²) in [6.45, 7) is 7.92. The first-order chi connectivity index (χ1) is 12.7. The third-order valence-electron chi connectivity index (χ3n) is 6.58. The van der Waals surface area contributed by atoms with Gasteiger partial charge in [-0.1, -0.05) is 26.0 Å². The van der Waals surface area contributed by atoms with E-state index in [0.29, 0.717) is 17.9 Å². The van der Waals surface area contributed by atoms with Gasteiger partial charge in [-0.3, -0.25) is 0 Å². The van der Waals surface area contributed by atoms with Crippen molar-refractivity contribution in [2.75, 3.05) is 31.6 Å². The summed E-state index contributed by atoms with van der Waals surface area (Å²) in [6.07, 6.45) is 2.44. The van der Waals surface area contributed by atoms with E-state index in [0.717, 1.165) is 18.8 Å². The Morgan fingerprint density at radius 1 is 1.19 bits per heavy atom. The van der Waals surface area contributed by atoms with E-state index in [2.05, 4.69) is 54.4 Å². The Labute approximate surface area is 156 Å². The lowest BCUT2D eigenvalue weighted by Crippen LogP contribution is -2.43. The molecule has 26 heavy (non-hydrogen) atoms. The largest absolute Gasteiger partial charge is 0.496 e. The second-order valence-electron chi connectivity index (χ2n) is 8.30. The van der Waals surface area contributed by atoms with E-state index in [1.54, 1.807) is 18.4 Å². The van der Waals surface area contributed by atoms with Crippen LogP contribution < -0.4 is 15.0 Å². The van der Waals surface area contributed by atoms with Crippen molar-refractivity contribution in [2.24, 2.45) is 0 Å². The summed E-state index contributed by atoms with van der Waals surface area (Å²) in [4.78, 5) is 2.69. The van der Waals surface area contributed by atoms with E-state index in [4.69, 9.17) is 4.74 Å². The molecule has 3 aliphatic heterocycles. The van der Waals surface area contributed by atoms with Crippen LogP contribution in [0, 0.1) is 0 Å². The maximum atomic E-state index is 5.78. The van der Waals surface area contributed by atoms with Gasteiger partial charge in [-0.15, -0.1) is 0 Å². The average Bonchev–Trinajstić information content (AvgIpc) is 3.24. The number of anilines is 1. The minimum atomic E-state index is 0.512. The van der Waals surface area contributed by atoms with Crippen LogP contribution in [-0.4, -0.2) is 32.8 Å². The molecular formula is C23H28N2O. The Morgan fingerprint density at radius 2 is 2.08 bits per heavy atom. The highest BCUT2D eigenvalue weighted by Crippen LogP contribution is 2.50. The lowest BCUT2D eigenvalue weighted by atomic mass is 9.86. The Balaban J connectivity index is 1.63. The van der Waals surface area contributed by atoms with E-state index in [-0.39, 0.29) is 0 Å². The summed E-state index contributed by atoms with van der Waals surface area (Å²) in [5, 5.41) is 3.61. The number of benzene rings is 2. The molecule has 136 valence electrons. The van der Waals surface area contributed by atoms with Crippen molar-refractivity contribution in [3.8, 4) is 16.9 Å². The van der Waals surface area contributed by atoms with E-state index in [9.17, 15) is 0 Å². The van der Waals surface area contributed by atoms with Gasteiger partial charge < -0.3 is 15.0 Å². The predicted molar refractivity (Wildman–Crippen MR) is 108 cm³/mol. The van der Waals surface area contributed by atoms with E-state index in [1.165, 1.54) is 41.6 Å². The zero-order chi connectivity index (χ0) is 17.8. The number of nitrogens with zero attached hydrogens (tertiary/aromatic N) is 1. The highest BCUT2D eigenvalue weighted by atomic mass is 16.5. The molecule has 0 saturated carbocycles. The fraction of sp³-hybridized carbons (Fsp3) is 0.478. The van der Waals surface area contributed by atoms with Crippen LogP contribution >= 0.6 is 0 Å². The van der Waals surface area contributed by atoms with Crippen LogP contribution in [-0.2, 0) is 6.42 Å². The number of hydrogen-bond donors (Lipinski definition) is 1. The molecule has 1 saturated heterocycles. The standard InChI is InChI=1S/C23H28N2O/c1-14(2)15-4-5-18(22(12-15)26-3)17-10-16-7-9-25-21-6-8-24-13-20(21)19(11-17)23(16)25/h4-5,10-12,14,20-21,24H,6-9,13H2,1-3H3/t20-,21-/m0/s1. The van der Waals surface area contributed by atoms with Gasteiger partial charge in [0, 0.05) is 36.3 Å². The zero-order valence-corrected chi connectivity index (χ0v) is 16.0. The molecule has 5 rings (SSSR count). The van der Waals surface area contributed by atoms with Crippen molar-refractivity contribution in [2.45, 2.75) is 44.6 Å². The fourth-order valence-electron chi connectivity index (χ4n) is 5.22. The number of ether oxygens (including phenoxy) is 1. The second-order valence-corrected chi connectivity index (χ2v) is 8.30. The summed E-state index contributed by atoms with van der Waals surface area (Å²) < 4.78 is 5.78. The molecule has 3 nitrogen and oxygen atoms in total. The minimum Gasteiger partial charge on any atom is -0.496 e. The molecule has 0 aromatic heterocycles. The smallest absolute Gasteiger partial charge is 0.126 e. The lowest BCUT2D eigenvalue weighted by molar-refractivity contribution is 0.405. The minimum absolute atomic E-state index is 0.512. The maximum Gasteiger partial charge on any atom is 0.126 e. The molecule has 0 radical (unpaired) electrons. The number of hydrogen-bond acceptors (Lipinski definition) is 3. The molecule has 0 bridgehead atoms. The Bertz CT molecular complexity index is 858. The third kappa shape index (κ3) is 2.30. The van der Waals surface area contributed by atoms with Gasteiger partial charge in [0.1, 0.15) is 5.75 Å². The number of fused-ring (bicyclic) bond motifs is 3. The summed E-state index contributed by atoms with van der Waals surface area (Å²) in [5.41, 5.74) is 8.51. The average molecular weight is 348 g/mol. The zero-order valence-electron chi connectivity index (χ0n) is 16.0. The van der Waals surface area contributed by atoms with Gasteiger partial charge in [0.15, 0.2) is 0 Å². The van der Waals surface area contributed by atoms with Gasteiger partial charge >= 0.3 is 0 Å². The van der Waals surface area contributed by atoms with Crippen molar-refractivity contribution < 1.29 is 4.74 Å². The monoisotopic (exact) mass is 348 g/mol. The molecule has 3 aliphatic rings. The molecular weight excluding hydrogens is 320 g/mol. The van der Waals surface area contributed by atoms with Crippen LogP contribution in [0.25, 0.3) is 11.1 Å². The number of nitrogens with one attached hydrogen (secondary N) is 1. The fourth-order valence-corrected chi connectivity index (χ4v) is 5.22. The lowest BCUT2D eigenvalue weighted by Gasteiger charge is -2.32. The van der Waals surface area contributed by atoms with Crippen LogP contribution in [0.5, 0.6) is 5.75 Å². The summed E-state index contributed by atoms with van der Waals surface area (Å²) in [5.74, 6) is 2.14. The summed E-state index contributed by atoms with van der Waals surface area (Å²) in [6, 6.07) is 12.3. The molecule has 0 unspecified atom stereocenters. The molecule has 2 aromatic rings. The molecule has 2 atom stereocenters. The quantitative estimate of drug-likeness (QED) is 0.895. The van der Waals surface area contributed by atoms with Crippen molar-refractivity contribution >= 4 is 5.69 Å². The highest BCUT2D eigenvalue weighted by molar-refractivity contribution is 5.80. The second kappa shape index (κ2) is 6.02. The first-order valence-electron chi connectivity index (χ1n) is 10.00. The van der Waals surface area contributed by atoms with Crippen LogP contribution in [0.4, 0.5) is 5.69 Å². The van der Waals surface area contributed by atoms with E-state index < -0.39 is 0 Å². The summed E-state index contributed by atoms with van der Waals surface area (Å²) in [7, 11) is 1.79. The van der Waals surface area contributed by atoms with Gasteiger partial charge in [0.25, 0.3) is 0 Å². The Kier molecular flexibility index (Phi) is 3.75. The normalized spacial score (nSPS) is 23.3. The number of piperidine rings is 1. The third-order valence-corrected chi connectivity index (χ3v) is 6.58. The predicted octanol–water partition coefficient (Wildman–Crippen LogP) is 4.31. The van der Waals surface area contributed by atoms with Crippen LogP contribution in [0.15, 0.2) is 30.3 Å². The SMILES string of the molecule is COc1cc(C(C)C)ccc1-c1cc2c3c(c1)[C@@H]1CNCC[C@@H]1N3CC2. The van der Waals surface area contributed by atoms with Gasteiger partial charge in [0.2, 0.25) is 0 Å². The van der Waals surface area contributed by atoms with Crippen LogP contribution in [0.2, 0.25) is 0 Å². The number of methoxy groups -OCH3 is 1. The number of rotatable bonds is 3. The topological polar surface area (TPSA) is 24.5 Å². The first-order valence-corrected chi connectivity index (χ1v) is 10.00. The molecule has 3 heteroatoms. The highest BCUT2D eigenvalue weighted by Gasteiger charge is 2.43. The molecule has 3 heterocycles. The maximum absolute atomic E-state index is 5.78. The van der Waals surface area contributed by atoms with Crippen LogP contribution in [0.1, 0.15) is 48.8 Å². The van der Waals surface area contributed by atoms with Crippen molar-refractivity contribution in [1.82, 2.24) is 5.32 Å². The van der Waals surface area contributed by atoms with Gasteiger partial charge in [-0.05, 0) is 65.8 Å². The molecule has 2 aromatic carbocycles. The van der Waals surface area contributed by atoms with Gasteiger partial charge in [-0.2, -0.15) is 0 Å². The first kappa shape index (κ1) is 16.2. The van der Waals surface area contributed by atoms with E-state index >= 15 is 0 Å². The molecule has 1 fully saturated rings. The molecule has 0 amide bonds.